The number of ether oxygens (including phenoxy) is 1. The molecule has 3 rings (SSSR count). The summed E-state index contributed by atoms with van der Waals surface area (Å²) in [5, 5.41) is 5.62. The van der Waals surface area contributed by atoms with E-state index in [1.807, 2.05) is 31.2 Å². The van der Waals surface area contributed by atoms with E-state index < -0.39 is 17.3 Å². The maximum absolute atomic E-state index is 12.8. The van der Waals surface area contributed by atoms with Gasteiger partial charge >= 0.3 is 5.97 Å². The maximum Gasteiger partial charge on any atom is 0.340 e. The third kappa shape index (κ3) is 4.06. The van der Waals surface area contributed by atoms with Crippen molar-refractivity contribution < 1.29 is 19.1 Å². The summed E-state index contributed by atoms with van der Waals surface area (Å²) in [5.74, 6) is -1.19. The molecule has 1 fully saturated rings. The van der Waals surface area contributed by atoms with Gasteiger partial charge in [-0.3, -0.25) is 9.59 Å². The molecule has 0 heterocycles. The molecule has 6 heteroatoms. The van der Waals surface area contributed by atoms with Gasteiger partial charge in [0.05, 0.1) is 17.9 Å². The fourth-order valence-electron chi connectivity index (χ4n) is 3.06. The standard InChI is InChI=1S/C22H24N2O4/c1-3-28-19(25)17-10-6-7-11-18(17)24-21(27)22(12-13-22)20(26)23-14-16-9-5-4-8-15(16)2/h4-11H,3,12-14H2,1-2H3,(H,23,26)(H,24,27). The van der Waals surface area contributed by atoms with Crippen molar-refractivity contribution >= 4 is 23.5 Å². The molecule has 0 unspecified atom stereocenters. The van der Waals surface area contributed by atoms with Crippen molar-refractivity contribution in [3.8, 4) is 0 Å². The van der Waals surface area contributed by atoms with Gasteiger partial charge in [-0.05, 0) is 49.9 Å². The van der Waals surface area contributed by atoms with Crippen LogP contribution in [0.25, 0.3) is 0 Å². The topological polar surface area (TPSA) is 84.5 Å². The average molecular weight is 380 g/mol. The summed E-state index contributed by atoms with van der Waals surface area (Å²) in [4.78, 5) is 37.6. The molecule has 0 aliphatic heterocycles. The minimum Gasteiger partial charge on any atom is -0.462 e. The Balaban J connectivity index is 1.68. The van der Waals surface area contributed by atoms with Crippen LogP contribution >= 0.6 is 0 Å². The summed E-state index contributed by atoms with van der Waals surface area (Å²) < 4.78 is 5.03. The first-order chi connectivity index (χ1) is 13.5. The molecule has 146 valence electrons. The summed E-state index contributed by atoms with van der Waals surface area (Å²) >= 11 is 0. The molecule has 28 heavy (non-hydrogen) atoms. The third-order valence-electron chi connectivity index (χ3n) is 4.99. The van der Waals surface area contributed by atoms with Gasteiger partial charge in [-0.2, -0.15) is 0 Å². The van der Waals surface area contributed by atoms with E-state index in [1.165, 1.54) is 0 Å². The largest absolute Gasteiger partial charge is 0.462 e. The van der Waals surface area contributed by atoms with E-state index in [0.29, 0.717) is 25.1 Å². The second kappa shape index (κ2) is 8.25. The van der Waals surface area contributed by atoms with E-state index in [2.05, 4.69) is 10.6 Å². The fourth-order valence-corrected chi connectivity index (χ4v) is 3.06. The second-order valence-electron chi connectivity index (χ2n) is 6.91. The first kappa shape index (κ1) is 19.6. The Hall–Kier alpha value is -3.15. The molecule has 0 aromatic heterocycles. The predicted molar refractivity (Wildman–Crippen MR) is 106 cm³/mol. The summed E-state index contributed by atoms with van der Waals surface area (Å²) in [5.41, 5.74) is 1.64. The number of para-hydroxylation sites is 1. The number of aryl methyl sites for hydroxylation is 1. The lowest BCUT2D eigenvalue weighted by molar-refractivity contribution is -0.134. The summed E-state index contributed by atoms with van der Waals surface area (Å²) in [6, 6.07) is 14.4. The van der Waals surface area contributed by atoms with Crippen LogP contribution in [-0.4, -0.2) is 24.4 Å². The van der Waals surface area contributed by atoms with E-state index in [9.17, 15) is 14.4 Å². The molecule has 2 N–H and O–H groups in total. The van der Waals surface area contributed by atoms with Crippen LogP contribution in [0.15, 0.2) is 48.5 Å². The van der Waals surface area contributed by atoms with Crippen LogP contribution in [0.1, 0.15) is 41.3 Å². The van der Waals surface area contributed by atoms with Gasteiger partial charge in [0.25, 0.3) is 0 Å². The normalized spacial score (nSPS) is 14.1. The lowest BCUT2D eigenvalue weighted by Crippen LogP contribution is -2.40. The molecule has 2 aromatic rings. The fraction of sp³-hybridized carbons (Fsp3) is 0.318. The van der Waals surface area contributed by atoms with Gasteiger partial charge in [0, 0.05) is 6.54 Å². The summed E-state index contributed by atoms with van der Waals surface area (Å²) in [6.45, 7) is 4.32. The smallest absolute Gasteiger partial charge is 0.340 e. The van der Waals surface area contributed by atoms with Crippen LogP contribution in [0.2, 0.25) is 0 Å². The Morgan fingerprint density at radius 1 is 1.00 bits per heavy atom. The molecule has 0 radical (unpaired) electrons. The minimum atomic E-state index is -1.08. The predicted octanol–water partition coefficient (Wildman–Crippen LogP) is 3.21. The molecule has 0 spiro atoms. The Morgan fingerprint density at radius 3 is 2.36 bits per heavy atom. The Morgan fingerprint density at radius 2 is 1.68 bits per heavy atom. The van der Waals surface area contributed by atoms with Crippen molar-refractivity contribution in [1.82, 2.24) is 5.32 Å². The van der Waals surface area contributed by atoms with E-state index in [-0.39, 0.29) is 18.1 Å². The molecular formula is C22H24N2O4. The highest BCUT2D eigenvalue weighted by molar-refractivity contribution is 6.14. The number of anilines is 1. The molecule has 0 bridgehead atoms. The number of hydrogen-bond donors (Lipinski definition) is 2. The molecule has 1 aliphatic carbocycles. The van der Waals surface area contributed by atoms with E-state index in [4.69, 9.17) is 4.74 Å². The monoisotopic (exact) mass is 380 g/mol. The van der Waals surface area contributed by atoms with Crippen LogP contribution in [0.5, 0.6) is 0 Å². The second-order valence-corrected chi connectivity index (χ2v) is 6.91. The van der Waals surface area contributed by atoms with E-state index in [1.54, 1.807) is 31.2 Å². The van der Waals surface area contributed by atoms with Crippen molar-refractivity contribution in [2.75, 3.05) is 11.9 Å². The summed E-state index contributed by atoms with van der Waals surface area (Å²) in [6.07, 6.45) is 0.972. The van der Waals surface area contributed by atoms with Crippen molar-refractivity contribution in [3.63, 3.8) is 0 Å². The van der Waals surface area contributed by atoms with Gasteiger partial charge in [-0.15, -0.1) is 0 Å². The van der Waals surface area contributed by atoms with Gasteiger partial charge in [-0.1, -0.05) is 36.4 Å². The first-order valence-electron chi connectivity index (χ1n) is 9.38. The number of benzene rings is 2. The van der Waals surface area contributed by atoms with Crippen LogP contribution in [-0.2, 0) is 20.9 Å². The molecule has 2 amide bonds. The van der Waals surface area contributed by atoms with Gasteiger partial charge in [0.2, 0.25) is 11.8 Å². The summed E-state index contributed by atoms with van der Waals surface area (Å²) in [7, 11) is 0. The average Bonchev–Trinajstić information content (AvgIpc) is 3.50. The number of amides is 2. The highest BCUT2D eigenvalue weighted by atomic mass is 16.5. The third-order valence-corrected chi connectivity index (χ3v) is 4.99. The highest BCUT2D eigenvalue weighted by Crippen LogP contribution is 2.47. The highest BCUT2D eigenvalue weighted by Gasteiger charge is 2.56. The van der Waals surface area contributed by atoms with E-state index in [0.717, 1.165) is 11.1 Å². The van der Waals surface area contributed by atoms with Gasteiger partial charge in [0.1, 0.15) is 5.41 Å². The lowest BCUT2D eigenvalue weighted by Gasteiger charge is -2.17. The molecule has 1 aliphatic rings. The van der Waals surface area contributed by atoms with Crippen molar-refractivity contribution in [2.24, 2.45) is 5.41 Å². The zero-order valence-corrected chi connectivity index (χ0v) is 16.1. The zero-order chi connectivity index (χ0) is 20.1. The van der Waals surface area contributed by atoms with Gasteiger partial charge in [0.15, 0.2) is 0 Å². The molecular weight excluding hydrogens is 356 g/mol. The minimum absolute atomic E-state index is 0.242. The van der Waals surface area contributed by atoms with Crippen LogP contribution in [0, 0.1) is 12.3 Å². The van der Waals surface area contributed by atoms with Crippen LogP contribution in [0.3, 0.4) is 0 Å². The number of rotatable bonds is 7. The first-order valence-corrected chi connectivity index (χ1v) is 9.38. The quantitative estimate of drug-likeness (QED) is 0.571. The number of hydrogen-bond acceptors (Lipinski definition) is 4. The number of carbonyl (C=O) groups excluding carboxylic acids is 3. The van der Waals surface area contributed by atoms with Crippen molar-refractivity contribution in [3.05, 3.63) is 65.2 Å². The maximum atomic E-state index is 12.8. The number of esters is 1. The zero-order valence-electron chi connectivity index (χ0n) is 16.1. The molecule has 1 saturated carbocycles. The SMILES string of the molecule is CCOC(=O)c1ccccc1NC(=O)C1(C(=O)NCc2ccccc2C)CC1. The molecule has 6 nitrogen and oxygen atoms in total. The molecule has 0 atom stereocenters. The lowest BCUT2D eigenvalue weighted by atomic mass is 10.0. The Kier molecular flexibility index (Phi) is 5.78. The Bertz CT molecular complexity index is 903. The number of carbonyl (C=O) groups is 3. The van der Waals surface area contributed by atoms with Gasteiger partial charge < -0.3 is 15.4 Å². The molecule has 0 saturated heterocycles. The van der Waals surface area contributed by atoms with Crippen molar-refractivity contribution in [1.29, 1.82) is 0 Å². The van der Waals surface area contributed by atoms with E-state index >= 15 is 0 Å². The van der Waals surface area contributed by atoms with Crippen molar-refractivity contribution in [2.45, 2.75) is 33.2 Å². The Labute approximate surface area is 164 Å². The van der Waals surface area contributed by atoms with Crippen LogP contribution < -0.4 is 10.6 Å². The van der Waals surface area contributed by atoms with Gasteiger partial charge in [-0.25, -0.2) is 4.79 Å². The molecule has 2 aromatic carbocycles. The van der Waals surface area contributed by atoms with Crippen LogP contribution in [0.4, 0.5) is 5.69 Å². The number of nitrogens with one attached hydrogen (secondary N) is 2.